The van der Waals surface area contributed by atoms with Gasteiger partial charge in [0.25, 0.3) is 0 Å². The molecule has 0 spiro atoms. The number of sulfonamides is 1. The molecule has 9 heteroatoms. The largest absolute Gasteiger partial charge is 0.416 e. The number of alkyl halides is 3. The molecular weight excluding hydrogens is 419 g/mol. The topological polar surface area (TPSA) is 46.2 Å². The van der Waals surface area contributed by atoms with E-state index in [-0.39, 0.29) is 11.0 Å². The molecule has 2 aromatic carbocycles. The van der Waals surface area contributed by atoms with E-state index in [0.717, 1.165) is 12.1 Å². The van der Waals surface area contributed by atoms with E-state index in [1.165, 1.54) is 0 Å². The monoisotopic (exact) mass is 427 g/mol. The van der Waals surface area contributed by atoms with Gasteiger partial charge < -0.3 is 0 Å². The number of halogens is 5. The van der Waals surface area contributed by atoms with Crippen molar-refractivity contribution in [2.24, 2.45) is 0 Å². The van der Waals surface area contributed by atoms with Crippen molar-refractivity contribution in [1.29, 1.82) is 0 Å². The first-order valence-electron chi connectivity index (χ1n) is 6.20. The van der Waals surface area contributed by atoms with Crippen LogP contribution in [0.5, 0.6) is 0 Å². The van der Waals surface area contributed by atoms with E-state index in [0.29, 0.717) is 16.7 Å². The second-order valence-electron chi connectivity index (χ2n) is 4.62. The predicted octanol–water partition coefficient (Wildman–Crippen LogP) is 4.60. The van der Waals surface area contributed by atoms with Crippen molar-refractivity contribution < 1.29 is 21.6 Å². The third-order valence-corrected chi connectivity index (χ3v) is 4.98. The van der Waals surface area contributed by atoms with Crippen LogP contribution in [0, 0.1) is 0 Å². The van der Waals surface area contributed by atoms with Crippen LogP contribution < -0.4 is 4.72 Å². The van der Waals surface area contributed by atoms with E-state index >= 15 is 0 Å². The maximum absolute atomic E-state index is 12.8. The molecule has 1 N–H and O–H groups in total. The van der Waals surface area contributed by atoms with Gasteiger partial charge in [-0.2, -0.15) is 13.2 Å². The zero-order valence-electron chi connectivity index (χ0n) is 11.4. The van der Waals surface area contributed by atoms with E-state index in [2.05, 4.69) is 20.7 Å². The first-order chi connectivity index (χ1) is 10.6. The van der Waals surface area contributed by atoms with Gasteiger partial charge in [0.1, 0.15) is 0 Å². The van der Waals surface area contributed by atoms with E-state index in [4.69, 9.17) is 11.6 Å². The molecule has 0 aliphatic rings. The summed E-state index contributed by atoms with van der Waals surface area (Å²) in [6.45, 7) is -0.0621. The van der Waals surface area contributed by atoms with Crippen LogP contribution >= 0.6 is 27.5 Å². The van der Waals surface area contributed by atoms with Gasteiger partial charge in [0.2, 0.25) is 10.0 Å². The Bertz CT molecular complexity index is 808. The molecule has 3 nitrogen and oxygen atoms in total. The van der Waals surface area contributed by atoms with Gasteiger partial charge in [-0.3, -0.25) is 0 Å². The fourth-order valence-corrected chi connectivity index (χ4v) is 3.60. The number of nitrogens with one attached hydrogen (secondary N) is 1. The van der Waals surface area contributed by atoms with Crippen molar-refractivity contribution in [2.75, 3.05) is 0 Å². The highest BCUT2D eigenvalue weighted by molar-refractivity contribution is 9.10. The average Bonchev–Trinajstić information content (AvgIpc) is 2.45. The second-order valence-corrected chi connectivity index (χ2v) is 7.74. The molecule has 124 valence electrons. The van der Waals surface area contributed by atoms with Crippen LogP contribution in [0.2, 0.25) is 5.02 Å². The van der Waals surface area contributed by atoms with Crippen molar-refractivity contribution in [1.82, 2.24) is 4.72 Å². The molecule has 0 amide bonds. The van der Waals surface area contributed by atoms with E-state index in [9.17, 15) is 21.6 Å². The zero-order valence-corrected chi connectivity index (χ0v) is 14.5. The highest BCUT2D eigenvalue weighted by Gasteiger charge is 2.32. The lowest BCUT2D eigenvalue weighted by atomic mass is 10.2. The summed E-state index contributed by atoms with van der Waals surface area (Å²) in [5.41, 5.74) is -0.414. The zero-order chi connectivity index (χ0) is 17.3. The van der Waals surface area contributed by atoms with Crippen LogP contribution in [0.15, 0.2) is 51.8 Å². The Morgan fingerprint density at radius 3 is 2.26 bits per heavy atom. The lowest BCUT2D eigenvalue weighted by molar-refractivity contribution is -0.137. The lowest BCUT2D eigenvalue weighted by Gasteiger charge is -2.11. The third kappa shape index (κ3) is 4.94. The second kappa shape index (κ2) is 6.80. The molecular formula is C14H10BrClF3NO2S. The maximum atomic E-state index is 12.8. The Balaban J connectivity index is 2.25. The molecule has 0 aromatic heterocycles. The van der Waals surface area contributed by atoms with Crippen molar-refractivity contribution in [3.8, 4) is 0 Å². The summed E-state index contributed by atoms with van der Waals surface area (Å²) in [4.78, 5) is -0.465. The average molecular weight is 429 g/mol. The van der Waals surface area contributed by atoms with Crippen LogP contribution in [0.25, 0.3) is 0 Å². The molecule has 0 aliphatic carbocycles. The van der Waals surface area contributed by atoms with E-state index < -0.39 is 26.7 Å². The fraction of sp³-hybridized carbons (Fsp3) is 0.143. The summed E-state index contributed by atoms with van der Waals surface area (Å²) in [5, 5.41) is 0.499. The first-order valence-corrected chi connectivity index (χ1v) is 8.85. The standard InChI is InChI=1S/C14H10BrClF3NO2S/c15-11-5-10(14(17,18)19)6-13(7-11)23(21,22)20-8-9-1-3-12(16)4-2-9/h1-7,20H,8H2. The van der Waals surface area contributed by atoms with Crippen molar-refractivity contribution in [3.63, 3.8) is 0 Å². The first kappa shape index (κ1) is 18.3. The minimum Gasteiger partial charge on any atom is -0.207 e. The normalized spacial score (nSPS) is 12.4. The van der Waals surface area contributed by atoms with Crippen molar-refractivity contribution >= 4 is 37.6 Å². The molecule has 0 aliphatic heterocycles. The molecule has 2 rings (SSSR count). The van der Waals surface area contributed by atoms with Crippen LogP contribution in [0.3, 0.4) is 0 Å². The van der Waals surface area contributed by atoms with E-state index in [1.807, 2.05) is 0 Å². The molecule has 0 unspecified atom stereocenters. The highest BCUT2D eigenvalue weighted by Crippen LogP contribution is 2.33. The highest BCUT2D eigenvalue weighted by atomic mass is 79.9. The minimum absolute atomic E-state index is 0.0270. The molecule has 23 heavy (non-hydrogen) atoms. The van der Waals surface area contributed by atoms with Crippen LogP contribution in [-0.4, -0.2) is 8.42 Å². The summed E-state index contributed by atoms with van der Waals surface area (Å²) in [6, 6.07) is 8.94. The minimum atomic E-state index is -4.63. The molecule has 0 atom stereocenters. The Hall–Kier alpha value is -1.09. The Kier molecular flexibility index (Phi) is 5.40. The van der Waals surface area contributed by atoms with E-state index in [1.54, 1.807) is 24.3 Å². The molecule has 0 saturated heterocycles. The summed E-state index contributed by atoms with van der Waals surface area (Å²) in [5.74, 6) is 0. The lowest BCUT2D eigenvalue weighted by Crippen LogP contribution is -2.23. The molecule has 2 aromatic rings. The molecule has 0 heterocycles. The number of rotatable bonds is 4. The van der Waals surface area contributed by atoms with Gasteiger partial charge >= 0.3 is 6.18 Å². The summed E-state index contributed by atoms with van der Waals surface area (Å²) >= 11 is 8.62. The van der Waals surface area contributed by atoms with Gasteiger partial charge in [0.15, 0.2) is 0 Å². The van der Waals surface area contributed by atoms with Gasteiger partial charge in [-0.15, -0.1) is 0 Å². The van der Waals surface area contributed by atoms with Gasteiger partial charge in [0, 0.05) is 16.0 Å². The van der Waals surface area contributed by atoms with Crippen LogP contribution in [-0.2, 0) is 22.7 Å². The summed E-state index contributed by atoms with van der Waals surface area (Å²) in [6.07, 6.45) is -4.63. The molecule has 0 bridgehead atoms. The smallest absolute Gasteiger partial charge is 0.207 e. The van der Waals surface area contributed by atoms with Gasteiger partial charge in [-0.25, -0.2) is 13.1 Å². The fourth-order valence-electron chi connectivity index (χ4n) is 1.75. The Morgan fingerprint density at radius 2 is 1.70 bits per heavy atom. The number of benzene rings is 2. The Labute approximate surface area is 144 Å². The maximum Gasteiger partial charge on any atom is 0.416 e. The van der Waals surface area contributed by atoms with Crippen LogP contribution in [0.1, 0.15) is 11.1 Å². The van der Waals surface area contributed by atoms with Crippen molar-refractivity contribution in [2.45, 2.75) is 17.6 Å². The Morgan fingerprint density at radius 1 is 1.09 bits per heavy atom. The predicted molar refractivity (Wildman–Crippen MR) is 84.6 cm³/mol. The van der Waals surface area contributed by atoms with Gasteiger partial charge in [-0.05, 0) is 35.9 Å². The summed E-state index contributed by atoms with van der Waals surface area (Å²) in [7, 11) is -4.09. The quantitative estimate of drug-likeness (QED) is 0.774. The van der Waals surface area contributed by atoms with Gasteiger partial charge in [0.05, 0.1) is 10.5 Å². The SMILES string of the molecule is O=S(=O)(NCc1ccc(Cl)cc1)c1cc(Br)cc(C(F)(F)F)c1. The van der Waals surface area contributed by atoms with Gasteiger partial charge in [-0.1, -0.05) is 39.7 Å². The number of hydrogen-bond donors (Lipinski definition) is 1. The molecule has 0 radical (unpaired) electrons. The number of hydrogen-bond acceptors (Lipinski definition) is 2. The molecule has 0 fully saturated rings. The molecule has 0 saturated carbocycles. The van der Waals surface area contributed by atoms with Crippen molar-refractivity contribution in [3.05, 3.63) is 63.1 Å². The van der Waals surface area contributed by atoms with Crippen LogP contribution in [0.4, 0.5) is 13.2 Å². The third-order valence-electron chi connectivity index (χ3n) is 2.89. The summed E-state index contributed by atoms with van der Waals surface area (Å²) < 4.78 is 65.0.